The molecule has 3 rings (SSSR count). The first-order chi connectivity index (χ1) is 10.5. The number of hydrogen-bond acceptors (Lipinski definition) is 3. The first kappa shape index (κ1) is 14.5. The van der Waals surface area contributed by atoms with Crippen LogP contribution < -0.4 is 15.8 Å². The minimum Gasteiger partial charge on any atom is -0.490 e. The third-order valence-electron chi connectivity index (χ3n) is 3.58. The number of nitrogens with two attached hydrogens (primary N) is 1. The number of rotatable bonds is 2. The second-order valence-corrected chi connectivity index (χ2v) is 5.17. The normalized spacial score (nSPS) is 16.1. The SMILES string of the molecule is Cc1cc(NC(=O)c2ccc(F)c3c2OCC3N)ccc1F. The van der Waals surface area contributed by atoms with E-state index in [0.717, 1.165) is 0 Å². The zero-order valence-electron chi connectivity index (χ0n) is 11.8. The van der Waals surface area contributed by atoms with Crippen molar-refractivity contribution in [2.45, 2.75) is 13.0 Å². The van der Waals surface area contributed by atoms with Gasteiger partial charge in [0.15, 0.2) is 0 Å². The Hall–Kier alpha value is -2.47. The minimum atomic E-state index is -0.587. The lowest BCUT2D eigenvalue weighted by Gasteiger charge is -2.10. The molecule has 1 unspecified atom stereocenters. The molecule has 1 aliphatic rings. The molecular formula is C16H14F2N2O2. The number of ether oxygens (including phenoxy) is 1. The van der Waals surface area contributed by atoms with Crippen molar-refractivity contribution in [2.75, 3.05) is 11.9 Å². The van der Waals surface area contributed by atoms with E-state index in [4.69, 9.17) is 10.5 Å². The number of nitrogens with one attached hydrogen (secondary N) is 1. The first-order valence-corrected chi connectivity index (χ1v) is 6.75. The number of benzene rings is 2. The molecule has 0 saturated carbocycles. The topological polar surface area (TPSA) is 64.3 Å². The van der Waals surface area contributed by atoms with Crippen LogP contribution >= 0.6 is 0 Å². The predicted octanol–water partition coefficient (Wildman–Crippen LogP) is 2.92. The van der Waals surface area contributed by atoms with E-state index < -0.39 is 17.8 Å². The summed E-state index contributed by atoms with van der Waals surface area (Å²) in [6.45, 7) is 1.73. The van der Waals surface area contributed by atoms with Gasteiger partial charge in [-0.2, -0.15) is 0 Å². The zero-order valence-corrected chi connectivity index (χ0v) is 11.8. The van der Waals surface area contributed by atoms with Crippen LogP contribution in [0.15, 0.2) is 30.3 Å². The van der Waals surface area contributed by atoms with Crippen LogP contribution in [0.4, 0.5) is 14.5 Å². The van der Waals surface area contributed by atoms with Crippen LogP contribution in [0.2, 0.25) is 0 Å². The molecule has 0 spiro atoms. The number of anilines is 1. The Balaban J connectivity index is 1.92. The van der Waals surface area contributed by atoms with E-state index in [1.807, 2.05) is 0 Å². The molecule has 2 aromatic rings. The molecule has 1 amide bonds. The van der Waals surface area contributed by atoms with E-state index in [9.17, 15) is 13.6 Å². The summed E-state index contributed by atoms with van der Waals surface area (Å²) in [5.41, 5.74) is 7.04. The van der Waals surface area contributed by atoms with Gasteiger partial charge in [0.2, 0.25) is 0 Å². The van der Waals surface area contributed by atoms with Crippen LogP contribution in [-0.2, 0) is 0 Å². The maximum absolute atomic E-state index is 13.8. The molecule has 2 aromatic carbocycles. The molecule has 1 heterocycles. The summed E-state index contributed by atoms with van der Waals surface area (Å²) in [7, 11) is 0. The van der Waals surface area contributed by atoms with Gasteiger partial charge >= 0.3 is 0 Å². The van der Waals surface area contributed by atoms with E-state index in [1.165, 1.54) is 30.3 Å². The summed E-state index contributed by atoms with van der Waals surface area (Å²) in [6, 6.07) is 6.19. The standard InChI is InChI=1S/C16H14F2N2O2/c1-8-6-9(2-4-11(8)17)20-16(21)10-3-5-12(18)14-13(19)7-22-15(10)14/h2-6,13H,7,19H2,1H3,(H,20,21). The van der Waals surface area contributed by atoms with Gasteiger partial charge in [0.05, 0.1) is 17.2 Å². The van der Waals surface area contributed by atoms with Gasteiger partial charge in [-0.15, -0.1) is 0 Å². The van der Waals surface area contributed by atoms with E-state index in [1.54, 1.807) is 6.92 Å². The van der Waals surface area contributed by atoms with Gasteiger partial charge in [-0.25, -0.2) is 8.78 Å². The average molecular weight is 304 g/mol. The summed E-state index contributed by atoms with van der Waals surface area (Å²) < 4.78 is 32.4. The van der Waals surface area contributed by atoms with Crippen LogP contribution in [-0.4, -0.2) is 12.5 Å². The van der Waals surface area contributed by atoms with Crippen LogP contribution in [0.1, 0.15) is 27.5 Å². The van der Waals surface area contributed by atoms with Crippen molar-refractivity contribution in [2.24, 2.45) is 5.73 Å². The number of carbonyl (C=O) groups is 1. The van der Waals surface area contributed by atoms with Crippen LogP contribution in [0.3, 0.4) is 0 Å². The monoisotopic (exact) mass is 304 g/mol. The maximum Gasteiger partial charge on any atom is 0.259 e. The lowest BCUT2D eigenvalue weighted by Crippen LogP contribution is -2.14. The number of aryl methyl sites for hydroxylation is 1. The van der Waals surface area contributed by atoms with Gasteiger partial charge in [0, 0.05) is 5.69 Å². The minimum absolute atomic E-state index is 0.131. The largest absolute Gasteiger partial charge is 0.490 e. The fourth-order valence-electron chi connectivity index (χ4n) is 2.43. The second-order valence-electron chi connectivity index (χ2n) is 5.17. The Bertz CT molecular complexity index is 762. The molecule has 0 fully saturated rings. The van der Waals surface area contributed by atoms with Crippen LogP contribution in [0.25, 0.3) is 0 Å². The molecular weight excluding hydrogens is 290 g/mol. The fourth-order valence-corrected chi connectivity index (χ4v) is 2.43. The van der Waals surface area contributed by atoms with Crippen molar-refractivity contribution in [3.63, 3.8) is 0 Å². The third kappa shape index (κ3) is 2.42. The van der Waals surface area contributed by atoms with Crippen molar-refractivity contribution in [3.8, 4) is 5.75 Å². The first-order valence-electron chi connectivity index (χ1n) is 6.75. The Kier molecular flexibility index (Phi) is 3.54. The molecule has 0 aliphatic carbocycles. The molecule has 1 atom stereocenters. The third-order valence-corrected chi connectivity index (χ3v) is 3.58. The summed E-state index contributed by atoms with van der Waals surface area (Å²) in [6.07, 6.45) is 0. The molecule has 1 aliphatic heterocycles. The van der Waals surface area contributed by atoms with Gasteiger partial charge in [-0.1, -0.05) is 0 Å². The number of amides is 1. The summed E-state index contributed by atoms with van der Waals surface area (Å²) in [5.74, 6) is -1.13. The van der Waals surface area contributed by atoms with Crippen molar-refractivity contribution >= 4 is 11.6 Å². The fraction of sp³-hybridized carbons (Fsp3) is 0.188. The molecule has 0 bridgehead atoms. The second kappa shape index (κ2) is 5.38. The molecule has 114 valence electrons. The number of carbonyl (C=O) groups excluding carboxylic acids is 1. The Morgan fingerprint density at radius 3 is 2.73 bits per heavy atom. The van der Waals surface area contributed by atoms with Crippen molar-refractivity contribution in [3.05, 3.63) is 58.7 Å². The lowest BCUT2D eigenvalue weighted by molar-refractivity contribution is 0.102. The maximum atomic E-state index is 13.8. The van der Waals surface area contributed by atoms with Crippen LogP contribution in [0.5, 0.6) is 5.75 Å². The van der Waals surface area contributed by atoms with Crippen molar-refractivity contribution < 1.29 is 18.3 Å². The van der Waals surface area contributed by atoms with E-state index in [0.29, 0.717) is 11.3 Å². The summed E-state index contributed by atoms with van der Waals surface area (Å²) >= 11 is 0. The lowest BCUT2D eigenvalue weighted by atomic mass is 10.0. The van der Waals surface area contributed by atoms with Gasteiger partial charge in [0.25, 0.3) is 5.91 Å². The van der Waals surface area contributed by atoms with Crippen LogP contribution in [0, 0.1) is 18.6 Å². The highest BCUT2D eigenvalue weighted by Crippen LogP contribution is 2.36. The van der Waals surface area contributed by atoms with E-state index in [-0.39, 0.29) is 29.3 Å². The number of hydrogen-bond donors (Lipinski definition) is 2. The molecule has 0 saturated heterocycles. The van der Waals surface area contributed by atoms with Crippen molar-refractivity contribution in [1.82, 2.24) is 0 Å². The Morgan fingerprint density at radius 1 is 1.27 bits per heavy atom. The number of halogens is 2. The van der Waals surface area contributed by atoms with Crippen molar-refractivity contribution in [1.29, 1.82) is 0 Å². The summed E-state index contributed by atoms with van der Waals surface area (Å²) in [4.78, 5) is 12.3. The number of fused-ring (bicyclic) bond motifs is 1. The Morgan fingerprint density at radius 2 is 2.00 bits per heavy atom. The summed E-state index contributed by atoms with van der Waals surface area (Å²) in [5, 5.41) is 2.64. The van der Waals surface area contributed by atoms with E-state index >= 15 is 0 Å². The Labute approximate surface area is 125 Å². The highest BCUT2D eigenvalue weighted by Gasteiger charge is 2.29. The molecule has 3 N–H and O–H groups in total. The molecule has 4 nitrogen and oxygen atoms in total. The quantitative estimate of drug-likeness (QED) is 0.896. The predicted molar refractivity (Wildman–Crippen MR) is 77.9 cm³/mol. The molecule has 22 heavy (non-hydrogen) atoms. The molecule has 6 heteroatoms. The molecule has 0 radical (unpaired) electrons. The zero-order chi connectivity index (χ0) is 15.9. The van der Waals surface area contributed by atoms with Gasteiger partial charge in [-0.3, -0.25) is 4.79 Å². The van der Waals surface area contributed by atoms with Gasteiger partial charge in [0.1, 0.15) is 24.0 Å². The smallest absolute Gasteiger partial charge is 0.259 e. The van der Waals surface area contributed by atoms with Gasteiger partial charge < -0.3 is 15.8 Å². The highest BCUT2D eigenvalue weighted by atomic mass is 19.1. The average Bonchev–Trinajstić information content (AvgIpc) is 2.86. The van der Waals surface area contributed by atoms with Gasteiger partial charge in [-0.05, 0) is 42.8 Å². The molecule has 0 aromatic heterocycles. The highest BCUT2D eigenvalue weighted by molar-refractivity contribution is 6.06. The van der Waals surface area contributed by atoms with E-state index in [2.05, 4.69) is 5.32 Å².